The van der Waals surface area contributed by atoms with Crippen LogP contribution in [0.1, 0.15) is 38.8 Å². The van der Waals surface area contributed by atoms with Crippen molar-refractivity contribution in [2.45, 2.75) is 45.3 Å². The molecule has 6 heteroatoms. The van der Waals surface area contributed by atoms with Gasteiger partial charge in [0.1, 0.15) is 12.4 Å². The van der Waals surface area contributed by atoms with Gasteiger partial charge in [-0.15, -0.1) is 0 Å². The summed E-state index contributed by atoms with van der Waals surface area (Å²) in [4.78, 5) is 24.3. The third-order valence-electron chi connectivity index (χ3n) is 3.84. The van der Waals surface area contributed by atoms with Crippen LogP contribution in [-0.4, -0.2) is 48.2 Å². The van der Waals surface area contributed by atoms with E-state index in [0.717, 1.165) is 5.56 Å². The van der Waals surface area contributed by atoms with Crippen LogP contribution >= 0.6 is 0 Å². The molecule has 2 atom stereocenters. The number of ether oxygens (including phenoxy) is 2. The van der Waals surface area contributed by atoms with Crippen molar-refractivity contribution in [3.63, 3.8) is 0 Å². The average molecular weight is 323 g/mol. The zero-order chi connectivity index (χ0) is 17.4. The summed E-state index contributed by atoms with van der Waals surface area (Å²) in [6, 6.07) is 6.62. The van der Waals surface area contributed by atoms with Gasteiger partial charge in [0.2, 0.25) is 0 Å². The number of hydrogen-bond acceptors (Lipinski definition) is 6. The highest BCUT2D eigenvalue weighted by atomic mass is 16.5. The number of phenols is 1. The van der Waals surface area contributed by atoms with E-state index in [9.17, 15) is 14.7 Å². The van der Waals surface area contributed by atoms with Crippen molar-refractivity contribution in [2.75, 3.05) is 13.7 Å². The second kappa shape index (κ2) is 9.15. The minimum atomic E-state index is -0.375. The van der Waals surface area contributed by atoms with Crippen molar-refractivity contribution in [2.24, 2.45) is 0 Å². The van der Waals surface area contributed by atoms with Gasteiger partial charge in [-0.2, -0.15) is 0 Å². The fourth-order valence-corrected chi connectivity index (χ4v) is 2.86. The second-order valence-electron chi connectivity index (χ2n) is 5.64. The molecule has 1 aromatic rings. The lowest BCUT2D eigenvalue weighted by molar-refractivity contribution is -0.145. The first-order valence-corrected chi connectivity index (χ1v) is 7.59. The molecule has 0 spiro atoms. The van der Waals surface area contributed by atoms with Gasteiger partial charge in [0, 0.05) is 17.6 Å². The lowest BCUT2D eigenvalue weighted by atomic mass is 10.0. The predicted molar refractivity (Wildman–Crippen MR) is 85.9 cm³/mol. The minimum Gasteiger partial charge on any atom is -0.508 e. The highest BCUT2D eigenvalue weighted by molar-refractivity contribution is 5.70. The van der Waals surface area contributed by atoms with Gasteiger partial charge >= 0.3 is 5.97 Å². The molecule has 1 rings (SSSR count). The molecule has 0 aliphatic rings. The van der Waals surface area contributed by atoms with E-state index in [1.807, 2.05) is 37.8 Å². The van der Waals surface area contributed by atoms with Gasteiger partial charge in [-0.1, -0.05) is 18.2 Å². The Hall–Kier alpha value is -2.08. The van der Waals surface area contributed by atoms with Gasteiger partial charge in [0.15, 0.2) is 0 Å². The largest absolute Gasteiger partial charge is 0.508 e. The zero-order valence-corrected chi connectivity index (χ0v) is 14.1. The van der Waals surface area contributed by atoms with Crippen LogP contribution in [0, 0.1) is 0 Å². The monoisotopic (exact) mass is 323 g/mol. The minimum absolute atomic E-state index is 0.0644. The Morgan fingerprint density at radius 1 is 1.30 bits per heavy atom. The van der Waals surface area contributed by atoms with E-state index in [0.29, 0.717) is 6.47 Å². The van der Waals surface area contributed by atoms with E-state index in [4.69, 9.17) is 9.47 Å². The van der Waals surface area contributed by atoms with Crippen molar-refractivity contribution in [1.29, 1.82) is 0 Å². The molecule has 0 heterocycles. The maximum atomic E-state index is 11.7. The summed E-state index contributed by atoms with van der Waals surface area (Å²) in [7, 11) is 1.33. The highest BCUT2D eigenvalue weighted by Gasteiger charge is 2.30. The molecule has 0 amide bonds. The number of methoxy groups -OCH3 is 1. The molecule has 0 aliphatic carbocycles. The number of hydrogen-bond donors (Lipinski definition) is 1. The Morgan fingerprint density at radius 2 is 1.96 bits per heavy atom. The number of nitrogens with zero attached hydrogens (tertiary/aromatic N) is 1. The van der Waals surface area contributed by atoms with E-state index in [1.54, 1.807) is 12.1 Å². The lowest BCUT2D eigenvalue weighted by Gasteiger charge is -2.39. The molecule has 2 unspecified atom stereocenters. The molecule has 0 saturated carbocycles. The fourth-order valence-electron chi connectivity index (χ4n) is 2.86. The van der Waals surface area contributed by atoms with Crippen LogP contribution < -0.4 is 0 Å². The van der Waals surface area contributed by atoms with Crippen LogP contribution in [0.2, 0.25) is 0 Å². The molecule has 0 bridgehead atoms. The van der Waals surface area contributed by atoms with Gasteiger partial charge < -0.3 is 14.6 Å². The maximum absolute atomic E-state index is 11.7. The quantitative estimate of drug-likeness (QED) is 0.555. The van der Waals surface area contributed by atoms with Crippen molar-refractivity contribution in [3.05, 3.63) is 29.8 Å². The topological polar surface area (TPSA) is 76.1 Å². The second-order valence-corrected chi connectivity index (χ2v) is 5.64. The van der Waals surface area contributed by atoms with Crippen molar-refractivity contribution in [1.82, 2.24) is 4.90 Å². The van der Waals surface area contributed by atoms with Crippen LogP contribution in [-0.2, 0) is 19.1 Å². The Kier molecular flexibility index (Phi) is 7.54. The van der Waals surface area contributed by atoms with Crippen LogP contribution in [0.3, 0.4) is 0 Å². The van der Waals surface area contributed by atoms with Crippen LogP contribution in [0.15, 0.2) is 24.3 Å². The van der Waals surface area contributed by atoms with Crippen molar-refractivity contribution < 1.29 is 24.2 Å². The molecule has 0 saturated heterocycles. The first-order chi connectivity index (χ1) is 10.9. The lowest BCUT2D eigenvalue weighted by Crippen LogP contribution is -2.46. The number of aromatic hydroxyl groups is 1. The van der Waals surface area contributed by atoms with E-state index in [1.165, 1.54) is 7.11 Å². The molecule has 0 radical (unpaired) electrons. The normalized spacial score (nSPS) is 13.7. The molecular weight excluding hydrogens is 298 g/mol. The molecule has 6 nitrogen and oxygen atoms in total. The average Bonchev–Trinajstić information content (AvgIpc) is 2.52. The summed E-state index contributed by atoms with van der Waals surface area (Å²) in [5, 5.41) is 10.1. The van der Waals surface area contributed by atoms with Crippen molar-refractivity contribution in [3.8, 4) is 5.75 Å². The molecule has 23 heavy (non-hydrogen) atoms. The van der Waals surface area contributed by atoms with Crippen LogP contribution in [0.4, 0.5) is 0 Å². The maximum Gasteiger partial charge on any atom is 0.307 e. The molecule has 1 aromatic carbocycles. The predicted octanol–water partition coefficient (Wildman–Crippen LogP) is 2.27. The summed E-state index contributed by atoms with van der Waals surface area (Å²) in [5.74, 6) is -0.182. The Labute approximate surface area is 137 Å². The molecule has 0 fully saturated rings. The molecule has 1 N–H and O–H groups in total. The van der Waals surface area contributed by atoms with Crippen LogP contribution in [0.5, 0.6) is 5.75 Å². The fraction of sp³-hybridized carbons (Fsp3) is 0.529. The first-order valence-electron chi connectivity index (χ1n) is 7.59. The number of esters is 1. The molecule has 0 aliphatic heterocycles. The third-order valence-corrected chi connectivity index (χ3v) is 3.84. The number of rotatable bonds is 9. The third kappa shape index (κ3) is 5.25. The molecule has 0 aromatic heterocycles. The Balaban J connectivity index is 3.10. The number of carbonyl (C=O) groups is 2. The van der Waals surface area contributed by atoms with E-state index in [-0.39, 0.29) is 42.9 Å². The van der Waals surface area contributed by atoms with Gasteiger partial charge in [-0.3, -0.25) is 14.5 Å². The number of para-hydroxylation sites is 1. The van der Waals surface area contributed by atoms with Gasteiger partial charge in [0.05, 0.1) is 19.6 Å². The smallest absolute Gasteiger partial charge is 0.307 e. The summed E-state index contributed by atoms with van der Waals surface area (Å²) >= 11 is 0. The van der Waals surface area contributed by atoms with Gasteiger partial charge in [0.25, 0.3) is 6.47 Å². The van der Waals surface area contributed by atoms with E-state index >= 15 is 0 Å². The summed E-state index contributed by atoms with van der Waals surface area (Å²) in [5.41, 5.74) is 0.752. The summed E-state index contributed by atoms with van der Waals surface area (Å²) < 4.78 is 9.64. The summed E-state index contributed by atoms with van der Waals surface area (Å²) in [6.45, 7) is 6.37. The zero-order valence-electron chi connectivity index (χ0n) is 14.1. The van der Waals surface area contributed by atoms with E-state index in [2.05, 4.69) is 0 Å². The number of phenolic OH excluding ortho intramolecular Hbond substituents is 1. The Morgan fingerprint density at radius 3 is 2.48 bits per heavy atom. The van der Waals surface area contributed by atoms with Crippen LogP contribution in [0.25, 0.3) is 0 Å². The van der Waals surface area contributed by atoms with Gasteiger partial charge in [-0.25, -0.2) is 0 Å². The summed E-state index contributed by atoms with van der Waals surface area (Å²) in [6.07, 6.45) is 0.0977. The molecule has 128 valence electrons. The SMILES string of the molecule is COC(=O)CC(COC=O)N(C(C)C)C(C)c1ccccc1O. The standard InChI is InChI=1S/C17H25NO5/c1-12(2)18(13(3)15-7-5-6-8-16(15)20)14(10-23-11-19)9-17(21)22-4/h5-8,11-14,20H,9-10H2,1-4H3. The number of carbonyl (C=O) groups excluding carboxylic acids is 2. The van der Waals surface area contributed by atoms with Gasteiger partial charge in [-0.05, 0) is 26.8 Å². The van der Waals surface area contributed by atoms with Crippen molar-refractivity contribution >= 4 is 12.4 Å². The molecular formula is C17H25NO5. The number of benzene rings is 1. The first kappa shape index (κ1) is 19.0. The Bertz CT molecular complexity index is 517. The van der Waals surface area contributed by atoms with E-state index < -0.39 is 0 Å². The highest BCUT2D eigenvalue weighted by Crippen LogP contribution is 2.31.